The average Bonchev–Trinajstić information content (AvgIpc) is 2.82. The van der Waals surface area contributed by atoms with Crippen molar-refractivity contribution in [3.05, 3.63) is 90.1 Å². The lowest BCUT2D eigenvalue weighted by molar-refractivity contribution is 0.0537. The first-order valence-electron chi connectivity index (χ1n) is 10.1. The summed E-state index contributed by atoms with van der Waals surface area (Å²) in [5.41, 5.74) is 2.19. The summed E-state index contributed by atoms with van der Waals surface area (Å²) in [5, 5.41) is 2.88. The second-order valence-corrected chi connectivity index (χ2v) is 7.49. The van der Waals surface area contributed by atoms with E-state index in [4.69, 9.17) is 0 Å². The molecule has 0 N–H and O–H groups in total. The SMILES string of the molecule is O=C(c1cccc2ccccc12)N1CCN(C(=O)c2cccc3ncccc23)CC1. The van der Waals surface area contributed by atoms with Crippen molar-refractivity contribution in [2.45, 2.75) is 0 Å². The quantitative estimate of drug-likeness (QED) is 0.516. The molecular weight excluding hydrogens is 374 g/mol. The predicted octanol–water partition coefficient (Wildman–Crippen LogP) is 3.99. The molecule has 148 valence electrons. The number of hydrogen-bond donors (Lipinski definition) is 0. The van der Waals surface area contributed by atoms with Crippen LogP contribution in [0.4, 0.5) is 0 Å². The lowest BCUT2D eigenvalue weighted by atomic mass is 10.0. The van der Waals surface area contributed by atoms with Crippen LogP contribution in [0.5, 0.6) is 0 Å². The van der Waals surface area contributed by atoms with Crippen LogP contribution < -0.4 is 0 Å². The minimum Gasteiger partial charge on any atom is -0.335 e. The Morgan fingerprint density at radius 2 is 1.20 bits per heavy atom. The Morgan fingerprint density at radius 1 is 0.633 bits per heavy atom. The summed E-state index contributed by atoms with van der Waals surface area (Å²) in [6.07, 6.45) is 1.73. The van der Waals surface area contributed by atoms with Gasteiger partial charge in [-0.25, -0.2) is 0 Å². The van der Waals surface area contributed by atoms with Crippen molar-refractivity contribution in [1.82, 2.24) is 14.8 Å². The molecule has 5 rings (SSSR count). The Labute approximate surface area is 174 Å². The van der Waals surface area contributed by atoms with Gasteiger partial charge < -0.3 is 9.80 Å². The molecule has 0 spiro atoms. The number of carbonyl (C=O) groups is 2. The summed E-state index contributed by atoms with van der Waals surface area (Å²) < 4.78 is 0. The summed E-state index contributed by atoms with van der Waals surface area (Å²) in [6.45, 7) is 2.09. The Balaban J connectivity index is 1.33. The molecule has 0 radical (unpaired) electrons. The smallest absolute Gasteiger partial charge is 0.254 e. The van der Waals surface area contributed by atoms with Crippen molar-refractivity contribution in [2.75, 3.05) is 26.2 Å². The summed E-state index contributed by atoms with van der Waals surface area (Å²) >= 11 is 0. The van der Waals surface area contributed by atoms with Gasteiger partial charge in [0.05, 0.1) is 5.52 Å². The first-order valence-corrected chi connectivity index (χ1v) is 10.1. The van der Waals surface area contributed by atoms with Crippen molar-refractivity contribution in [2.24, 2.45) is 0 Å². The van der Waals surface area contributed by atoms with Crippen LogP contribution >= 0.6 is 0 Å². The van der Waals surface area contributed by atoms with Gasteiger partial charge >= 0.3 is 0 Å². The number of amides is 2. The first-order chi connectivity index (χ1) is 14.7. The van der Waals surface area contributed by atoms with E-state index in [1.807, 2.05) is 82.6 Å². The molecule has 0 atom stereocenters. The van der Waals surface area contributed by atoms with Crippen LogP contribution in [0.3, 0.4) is 0 Å². The lowest BCUT2D eigenvalue weighted by Crippen LogP contribution is -2.50. The molecule has 0 aliphatic carbocycles. The minimum atomic E-state index is -0.00846. The number of pyridine rings is 1. The number of nitrogens with zero attached hydrogens (tertiary/aromatic N) is 3. The van der Waals surface area contributed by atoms with E-state index in [1.165, 1.54) is 0 Å². The van der Waals surface area contributed by atoms with Crippen molar-refractivity contribution < 1.29 is 9.59 Å². The van der Waals surface area contributed by atoms with Gasteiger partial charge in [-0.05, 0) is 35.0 Å². The van der Waals surface area contributed by atoms with E-state index in [0.29, 0.717) is 37.3 Å². The predicted molar refractivity (Wildman–Crippen MR) is 117 cm³/mol. The van der Waals surface area contributed by atoms with Crippen LogP contribution in [0.2, 0.25) is 0 Å². The molecule has 1 fully saturated rings. The molecule has 1 aromatic heterocycles. The van der Waals surface area contributed by atoms with Gasteiger partial charge in [0.15, 0.2) is 0 Å². The molecule has 0 bridgehead atoms. The van der Waals surface area contributed by atoms with E-state index < -0.39 is 0 Å². The largest absolute Gasteiger partial charge is 0.335 e. The maximum absolute atomic E-state index is 13.1. The van der Waals surface area contributed by atoms with Gasteiger partial charge in [-0.15, -0.1) is 0 Å². The zero-order valence-corrected chi connectivity index (χ0v) is 16.5. The highest BCUT2D eigenvalue weighted by Crippen LogP contribution is 2.22. The van der Waals surface area contributed by atoms with Crippen LogP contribution in [0.15, 0.2) is 79.0 Å². The second-order valence-electron chi connectivity index (χ2n) is 7.49. The molecule has 1 aliphatic rings. The maximum atomic E-state index is 13.1. The number of rotatable bonds is 2. The minimum absolute atomic E-state index is 0.00846. The van der Waals surface area contributed by atoms with Crippen molar-refractivity contribution in [3.8, 4) is 0 Å². The van der Waals surface area contributed by atoms with Gasteiger partial charge in [0.25, 0.3) is 11.8 Å². The topological polar surface area (TPSA) is 53.5 Å². The highest BCUT2D eigenvalue weighted by Gasteiger charge is 2.27. The molecule has 2 amide bonds. The monoisotopic (exact) mass is 395 g/mol. The standard InChI is InChI=1S/C25H21N3O2/c29-24(21-9-3-7-18-6-1-2-8-19(18)21)27-14-16-28(17-15-27)25(30)22-10-4-12-23-20(22)11-5-13-26-23/h1-13H,14-17H2. The Kier molecular flexibility index (Phi) is 4.64. The molecule has 5 nitrogen and oxygen atoms in total. The number of hydrogen-bond acceptors (Lipinski definition) is 3. The van der Waals surface area contributed by atoms with E-state index in [2.05, 4.69) is 4.98 Å². The number of aromatic nitrogens is 1. The Hall–Kier alpha value is -3.73. The van der Waals surface area contributed by atoms with Crippen molar-refractivity contribution in [3.63, 3.8) is 0 Å². The number of piperazine rings is 1. The van der Waals surface area contributed by atoms with E-state index in [9.17, 15) is 9.59 Å². The van der Waals surface area contributed by atoms with Gasteiger partial charge in [0.1, 0.15) is 0 Å². The fraction of sp³-hybridized carbons (Fsp3) is 0.160. The van der Waals surface area contributed by atoms with Crippen LogP contribution in [-0.2, 0) is 0 Å². The van der Waals surface area contributed by atoms with E-state index >= 15 is 0 Å². The molecule has 0 unspecified atom stereocenters. The molecule has 2 heterocycles. The fourth-order valence-electron chi connectivity index (χ4n) is 4.16. The molecule has 4 aromatic rings. The third-order valence-corrected chi connectivity index (χ3v) is 5.75. The van der Waals surface area contributed by atoms with Gasteiger partial charge in [-0.2, -0.15) is 0 Å². The molecule has 1 aliphatic heterocycles. The fourth-order valence-corrected chi connectivity index (χ4v) is 4.16. The number of carbonyl (C=O) groups excluding carboxylic acids is 2. The number of fused-ring (bicyclic) bond motifs is 2. The highest BCUT2D eigenvalue weighted by atomic mass is 16.2. The van der Waals surface area contributed by atoms with Gasteiger partial charge in [-0.3, -0.25) is 14.6 Å². The Bertz CT molecular complexity index is 1150. The second kappa shape index (κ2) is 7.59. The van der Waals surface area contributed by atoms with Crippen LogP contribution in [0, 0.1) is 0 Å². The third-order valence-electron chi connectivity index (χ3n) is 5.75. The molecule has 30 heavy (non-hydrogen) atoms. The molecule has 1 saturated heterocycles. The molecule has 0 saturated carbocycles. The van der Waals surface area contributed by atoms with E-state index in [0.717, 1.165) is 21.7 Å². The molecule has 3 aromatic carbocycles. The van der Waals surface area contributed by atoms with E-state index in [1.54, 1.807) is 6.20 Å². The van der Waals surface area contributed by atoms with Gasteiger partial charge in [0, 0.05) is 48.9 Å². The summed E-state index contributed by atoms with van der Waals surface area (Å²) in [7, 11) is 0. The molecule has 5 heteroatoms. The summed E-state index contributed by atoms with van der Waals surface area (Å²) in [6, 6.07) is 23.1. The van der Waals surface area contributed by atoms with Crippen molar-refractivity contribution in [1.29, 1.82) is 0 Å². The Morgan fingerprint density at radius 3 is 1.93 bits per heavy atom. The summed E-state index contributed by atoms with van der Waals surface area (Å²) in [5.74, 6) is 0.0131. The van der Waals surface area contributed by atoms with Crippen LogP contribution in [-0.4, -0.2) is 52.8 Å². The first kappa shape index (κ1) is 18.3. The average molecular weight is 395 g/mol. The normalized spacial score (nSPS) is 14.3. The number of benzene rings is 3. The third kappa shape index (κ3) is 3.18. The van der Waals surface area contributed by atoms with Crippen LogP contribution in [0.25, 0.3) is 21.7 Å². The summed E-state index contributed by atoms with van der Waals surface area (Å²) in [4.78, 5) is 34.3. The lowest BCUT2D eigenvalue weighted by Gasteiger charge is -2.35. The van der Waals surface area contributed by atoms with Gasteiger partial charge in [-0.1, -0.05) is 48.5 Å². The van der Waals surface area contributed by atoms with Crippen molar-refractivity contribution >= 4 is 33.5 Å². The molecular formula is C25H21N3O2. The maximum Gasteiger partial charge on any atom is 0.254 e. The zero-order valence-electron chi connectivity index (χ0n) is 16.5. The van der Waals surface area contributed by atoms with E-state index in [-0.39, 0.29) is 11.8 Å². The van der Waals surface area contributed by atoms with Crippen LogP contribution in [0.1, 0.15) is 20.7 Å². The van der Waals surface area contributed by atoms with Gasteiger partial charge in [0.2, 0.25) is 0 Å². The highest BCUT2D eigenvalue weighted by molar-refractivity contribution is 6.08. The zero-order chi connectivity index (χ0) is 20.5.